The van der Waals surface area contributed by atoms with Gasteiger partial charge in [0.15, 0.2) is 0 Å². The van der Waals surface area contributed by atoms with Crippen LogP contribution >= 0.6 is 0 Å². The molecule has 6 heteroatoms. The summed E-state index contributed by atoms with van der Waals surface area (Å²) in [5.41, 5.74) is 1.86. The van der Waals surface area contributed by atoms with E-state index in [4.69, 9.17) is 0 Å². The Labute approximate surface area is 134 Å². The number of rotatable bonds is 7. The van der Waals surface area contributed by atoms with Gasteiger partial charge in [0.2, 0.25) is 15.9 Å². The zero-order chi connectivity index (χ0) is 16.9. The molecule has 0 spiro atoms. The molecule has 0 radical (unpaired) electrons. The van der Waals surface area contributed by atoms with Gasteiger partial charge < -0.3 is 4.90 Å². The largest absolute Gasteiger partial charge is 0.312 e. The molecule has 1 unspecified atom stereocenters. The Morgan fingerprint density at radius 1 is 1.27 bits per heavy atom. The van der Waals surface area contributed by atoms with Crippen LogP contribution < -0.4 is 4.90 Å². The molecule has 124 valence electrons. The van der Waals surface area contributed by atoms with E-state index < -0.39 is 10.0 Å². The van der Waals surface area contributed by atoms with E-state index in [2.05, 4.69) is 0 Å². The first-order valence-corrected chi connectivity index (χ1v) is 9.39. The second kappa shape index (κ2) is 7.74. The highest BCUT2D eigenvalue weighted by molar-refractivity contribution is 7.88. The summed E-state index contributed by atoms with van der Waals surface area (Å²) < 4.78 is 25.1. The lowest BCUT2D eigenvalue weighted by molar-refractivity contribution is -0.119. The predicted octanol–water partition coefficient (Wildman–Crippen LogP) is 2.41. The van der Waals surface area contributed by atoms with Crippen molar-refractivity contribution in [3.63, 3.8) is 0 Å². The summed E-state index contributed by atoms with van der Waals surface area (Å²) in [4.78, 5) is 14.2. The smallest absolute Gasteiger partial charge is 0.242 e. The maximum atomic E-state index is 12.6. The lowest BCUT2D eigenvalue weighted by atomic mass is 10.2. The van der Waals surface area contributed by atoms with Gasteiger partial charge in [-0.15, -0.1) is 0 Å². The second-order valence-electron chi connectivity index (χ2n) is 5.54. The van der Waals surface area contributed by atoms with Crippen molar-refractivity contribution >= 4 is 21.6 Å². The molecule has 0 fully saturated rings. The van der Waals surface area contributed by atoms with Crippen LogP contribution in [0, 0.1) is 6.92 Å². The van der Waals surface area contributed by atoms with Gasteiger partial charge in [-0.2, -0.15) is 4.31 Å². The molecule has 0 aliphatic carbocycles. The van der Waals surface area contributed by atoms with Crippen LogP contribution in [0.2, 0.25) is 0 Å². The molecule has 22 heavy (non-hydrogen) atoms. The third-order valence-corrected chi connectivity index (χ3v) is 5.07. The summed E-state index contributed by atoms with van der Waals surface area (Å²) >= 11 is 0. The molecule has 1 rings (SSSR count). The molecule has 1 atom stereocenters. The van der Waals surface area contributed by atoms with Crippen LogP contribution in [-0.4, -0.2) is 44.0 Å². The standard InChI is InChI=1S/C16H26N2O3S/c1-6-14(4)18(22(5,20)21)12-16(19)17(7-2)15-10-8-9-13(3)11-15/h8-11,14H,6-7,12H2,1-5H3. The van der Waals surface area contributed by atoms with Crippen LogP contribution in [-0.2, 0) is 14.8 Å². The fourth-order valence-corrected chi connectivity index (χ4v) is 3.47. The van der Waals surface area contributed by atoms with E-state index in [0.717, 1.165) is 17.5 Å². The van der Waals surface area contributed by atoms with Crippen molar-refractivity contribution in [1.82, 2.24) is 4.31 Å². The quantitative estimate of drug-likeness (QED) is 0.773. The number of carbonyl (C=O) groups excluding carboxylic acids is 1. The minimum absolute atomic E-state index is 0.129. The Morgan fingerprint density at radius 2 is 1.91 bits per heavy atom. The minimum atomic E-state index is -3.42. The monoisotopic (exact) mass is 326 g/mol. The fraction of sp³-hybridized carbons (Fsp3) is 0.562. The van der Waals surface area contributed by atoms with Gasteiger partial charge in [0, 0.05) is 18.3 Å². The Balaban J connectivity index is 3.01. The Kier molecular flexibility index (Phi) is 6.56. The molecule has 0 aliphatic heterocycles. The van der Waals surface area contributed by atoms with Crippen LogP contribution in [0.1, 0.15) is 32.8 Å². The molecule has 1 aromatic rings. The van der Waals surface area contributed by atoms with Crippen molar-refractivity contribution in [1.29, 1.82) is 0 Å². The van der Waals surface area contributed by atoms with Crippen molar-refractivity contribution in [2.45, 2.75) is 40.2 Å². The summed E-state index contributed by atoms with van der Waals surface area (Å²) in [6.45, 7) is 7.94. The first-order chi connectivity index (χ1) is 10.2. The van der Waals surface area contributed by atoms with E-state index in [1.165, 1.54) is 4.31 Å². The third-order valence-electron chi connectivity index (χ3n) is 3.73. The summed E-state index contributed by atoms with van der Waals surface area (Å²) in [7, 11) is -3.42. The van der Waals surface area contributed by atoms with Crippen LogP contribution in [0.15, 0.2) is 24.3 Å². The first kappa shape index (κ1) is 18.6. The Hall–Kier alpha value is -1.40. The Bertz CT molecular complexity index is 614. The van der Waals surface area contributed by atoms with Gasteiger partial charge in [-0.1, -0.05) is 19.1 Å². The fourth-order valence-electron chi connectivity index (χ4n) is 2.32. The second-order valence-corrected chi connectivity index (χ2v) is 7.48. The molecule has 0 N–H and O–H groups in total. The normalized spacial score (nSPS) is 13.2. The number of benzene rings is 1. The summed E-state index contributed by atoms with van der Waals surface area (Å²) in [6.07, 6.45) is 1.81. The van der Waals surface area contributed by atoms with Gasteiger partial charge >= 0.3 is 0 Å². The molecule has 1 amide bonds. The molecule has 0 heterocycles. The number of amides is 1. The molecular weight excluding hydrogens is 300 g/mol. The molecule has 0 bridgehead atoms. The van der Waals surface area contributed by atoms with Gasteiger partial charge in [-0.05, 0) is 44.9 Å². The van der Waals surface area contributed by atoms with Gasteiger partial charge in [0.1, 0.15) is 0 Å². The molecule has 0 saturated carbocycles. The minimum Gasteiger partial charge on any atom is -0.312 e. The summed E-state index contributed by atoms with van der Waals surface area (Å²) in [5.74, 6) is -0.209. The number of likely N-dealkylation sites (N-methyl/N-ethyl adjacent to an activating group) is 1. The van der Waals surface area contributed by atoms with E-state index in [-0.39, 0.29) is 18.5 Å². The van der Waals surface area contributed by atoms with Crippen LogP contribution in [0.5, 0.6) is 0 Å². The van der Waals surface area contributed by atoms with Crippen molar-refractivity contribution in [3.05, 3.63) is 29.8 Å². The van der Waals surface area contributed by atoms with Crippen molar-refractivity contribution in [3.8, 4) is 0 Å². The van der Waals surface area contributed by atoms with E-state index >= 15 is 0 Å². The summed E-state index contributed by atoms with van der Waals surface area (Å²) in [6, 6.07) is 7.45. The highest BCUT2D eigenvalue weighted by Gasteiger charge is 2.27. The average molecular weight is 326 g/mol. The number of anilines is 1. The zero-order valence-corrected chi connectivity index (χ0v) is 14.9. The molecule has 1 aromatic carbocycles. The van der Waals surface area contributed by atoms with Gasteiger partial charge in [0.25, 0.3) is 0 Å². The first-order valence-electron chi connectivity index (χ1n) is 7.54. The maximum absolute atomic E-state index is 12.6. The molecule has 0 aromatic heterocycles. The third kappa shape index (κ3) is 4.81. The molecule has 0 saturated heterocycles. The van der Waals surface area contributed by atoms with Crippen molar-refractivity contribution in [2.75, 3.05) is 24.2 Å². The maximum Gasteiger partial charge on any atom is 0.242 e. The molecule has 0 aliphatic rings. The number of hydrogen-bond acceptors (Lipinski definition) is 3. The Morgan fingerprint density at radius 3 is 2.36 bits per heavy atom. The molecule has 5 nitrogen and oxygen atoms in total. The van der Waals surface area contributed by atoms with Crippen molar-refractivity contribution in [2.24, 2.45) is 0 Å². The van der Waals surface area contributed by atoms with E-state index in [9.17, 15) is 13.2 Å². The van der Waals surface area contributed by atoms with Gasteiger partial charge in [-0.3, -0.25) is 4.79 Å². The highest BCUT2D eigenvalue weighted by Crippen LogP contribution is 2.17. The number of nitrogens with zero attached hydrogens (tertiary/aromatic N) is 2. The highest BCUT2D eigenvalue weighted by atomic mass is 32.2. The van der Waals surface area contributed by atoms with Crippen LogP contribution in [0.25, 0.3) is 0 Å². The zero-order valence-electron chi connectivity index (χ0n) is 14.0. The predicted molar refractivity (Wildman–Crippen MR) is 90.5 cm³/mol. The SMILES string of the molecule is CCC(C)N(CC(=O)N(CC)c1cccc(C)c1)S(C)(=O)=O. The average Bonchev–Trinajstić information content (AvgIpc) is 2.43. The molecular formula is C16H26N2O3S. The summed E-state index contributed by atoms with van der Waals surface area (Å²) in [5, 5.41) is 0. The van der Waals surface area contributed by atoms with Crippen LogP contribution in [0.4, 0.5) is 5.69 Å². The van der Waals surface area contributed by atoms with Gasteiger partial charge in [0.05, 0.1) is 12.8 Å². The van der Waals surface area contributed by atoms with Crippen molar-refractivity contribution < 1.29 is 13.2 Å². The number of hydrogen-bond donors (Lipinski definition) is 0. The topological polar surface area (TPSA) is 57.7 Å². The number of sulfonamides is 1. The number of aryl methyl sites for hydroxylation is 1. The number of carbonyl (C=O) groups is 1. The lowest BCUT2D eigenvalue weighted by Gasteiger charge is -2.29. The van der Waals surface area contributed by atoms with Crippen LogP contribution in [0.3, 0.4) is 0 Å². The lowest BCUT2D eigenvalue weighted by Crippen LogP contribution is -2.46. The van der Waals surface area contributed by atoms with Gasteiger partial charge in [-0.25, -0.2) is 8.42 Å². The van der Waals surface area contributed by atoms with E-state index in [0.29, 0.717) is 13.0 Å². The van der Waals surface area contributed by atoms with E-state index in [1.54, 1.807) is 4.90 Å². The van der Waals surface area contributed by atoms with E-state index in [1.807, 2.05) is 52.0 Å².